The van der Waals surface area contributed by atoms with Gasteiger partial charge in [0.05, 0.1) is 5.69 Å². The van der Waals surface area contributed by atoms with Crippen LogP contribution >= 0.6 is 0 Å². The van der Waals surface area contributed by atoms with E-state index >= 15 is 0 Å². The van der Waals surface area contributed by atoms with Crippen LogP contribution in [-0.2, 0) is 5.41 Å². The molecule has 0 aliphatic carbocycles. The van der Waals surface area contributed by atoms with Crippen molar-refractivity contribution in [3.8, 4) is 17.1 Å². The number of anilines is 1. The minimum Gasteiger partial charge on any atom is -0.508 e. The van der Waals surface area contributed by atoms with Gasteiger partial charge in [-0.05, 0) is 24.3 Å². The topological polar surface area (TPSA) is 58.0 Å². The van der Waals surface area contributed by atoms with Crippen molar-refractivity contribution in [2.24, 2.45) is 0 Å². The summed E-state index contributed by atoms with van der Waals surface area (Å²) in [4.78, 5) is 9.08. The molecule has 2 N–H and O–H groups in total. The number of aromatic nitrogens is 2. The van der Waals surface area contributed by atoms with Gasteiger partial charge in [0.15, 0.2) is 5.82 Å². The number of hydrogen-bond acceptors (Lipinski definition) is 4. The van der Waals surface area contributed by atoms with Crippen LogP contribution in [0, 0.1) is 0 Å². The molecule has 0 aliphatic rings. The number of benzene rings is 1. The van der Waals surface area contributed by atoms with Crippen LogP contribution in [0.2, 0.25) is 0 Å². The van der Waals surface area contributed by atoms with Crippen LogP contribution in [0.5, 0.6) is 5.75 Å². The lowest BCUT2D eigenvalue weighted by Crippen LogP contribution is -2.15. The molecular weight excluding hydrogens is 238 g/mol. The average molecular weight is 257 g/mol. The molecule has 100 valence electrons. The van der Waals surface area contributed by atoms with E-state index in [-0.39, 0.29) is 11.2 Å². The quantitative estimate of drug-likeness (QED) is 0.867. The van der Waals surface area contributed by atoms with Crippen molar-refractivity contribution in [3.63, 3.8) is 0 Å². The van der Waals surface area contributed by atoms with Gasteiger partial charge < -0.3 is 10.4 Å². The summed E-state index contributed by atoms with van der Waals surface area (Å²) in [5.74, 6) is 1.70. The normalized spacial score (nSPS) is 11.4. The number of nitrogens with one attached hydrogen (secondary N) is 1. The lowest BCUT2D eigenvalue weighted by molar-refractivity contribution is 0.475. The lowest BCUT2D eigenvalue weighted by Gasteiger charge is -2.19. The second kappa shape index (κ2) is 4.88. The Morgan fingerprint density at radius 1 is 1.05 bits per heavy atom. The van der Waals surface area contributed by atoms with Crippen LogP contribution in [0.4, 0.5) is 5.82 Å². The minimum absolute atomic E-state index is 0.0415. The fourth-order valence-electron chi connectivity index (χ4n) is 1.70. The summed E-state index contributed by atoms with van der Waals surface area (Å²) in [6, 6.07) is 8.88. The summed E-state index contributed by atoms with van der Waals surface area (Å²) in [5.41, 5.74) is 1.83. The summed E-state index contributed by atoms with van der Waals surface area (Å²) in [7, 11) is 1.84. The van der Waals surface area contributed by atoms with E-state index in [4.69, 9.17) is 0 Å². The third-order valence-electron chi connectivity index (χ3n) is 2.88. The third kappa shape index (κ3) is 3.02. The Labute approximate surface area is 113 Å². The molecule has 1 heterocycles. The molecule has 0 atom stereocenters. The third-order valence-corrected chi connectivity index (χ3v) is 2.88. The van der Waals surface area contributed by atoms with Crippen molar-refractivity contribution in [2.75, 3.05) is 12.4 Å². The number of rotatable bonds is 2. The van der Waals surface area contributed by atoms with Crippen molar-refractivity contribution in [3.05, 3.63) is 36.0 Å². The van der Waals surface area contributed by atoms with Gasteiger partial charge in [0.1, 0.15) is 11.6 Å². The SMILES string of the molecule is CNc1cc(C(C)(C)C)nc(-c2ccc(O)cc2)n1. The van der Waals surface area contributed by atoms with Gasteiger partial charge in [-0.2, -0.15) is 0 Å². The van der Waals surface area contributed by atoms with E-state index < -0.39 is 0 Å². The molecule has 0 unspecified atom stereocenters. The Bertz CT molecular complexity index is 571. The van der Waals surface area contributed by atoms with E-state index in [2.05, 4.69) is 36.1 Å². The maximum Gasteiger partial charge on any atom is 0.161 e. The first kappa shape index (κ1) is 13.3. The highest BCUT2D eigenvalue weighted by atomic mass is 16.3. The zero-order valence-corrected chi connectivity index (χ0v) is 11.7. The van der Waals surface area contributed by atoms with Crippen LogP contribution in [0.15, 0.2) is 30.3 Å². The molecule has 0 radical (unpaired) electrons. The molecular formula is C15H19N3O. The summed E-state index contributed by atoms with van der Waals surface area (Å²) in [5, 5.41) is 12.4. The maximum atomic E-state index is 9.34. The highest BCUT2D eigenvalue weighted by Crippen LogP contribution is 2.26. The van der Waals surface area contributed by atoms with Crippen LogP contribution in [0.1, 0.15) is 26.5 Å². The Hall–Kier alpha value is -2.10. The van der Waals surface area contributed by atoms with Gasteiger partial charge in [-0.1, -0.05) is 20.8 Å². The first-order chi connectivity index (χ1) is 8.90. The first-order valence-electron chi connectivity index (χ1n) is 6.27. The largest absolute Gasteiger partial charge is 0.508 e. The molecule has 0 amide bonds. The molecule has 4 heteroatoms. The van der Waals surface area contributed by atoms with Gasteiger partial charge in [0.25, 0.3) is 0 Å². The van der Waals surface area contributed by atoms with Gasteiger partial charge in [-0.3, -0.25) is 0 Å². The number of phenolic OH excluding ortho intramolecular Hbond substituents is 1. The van der Waals surface area contributed by atoms with E-state index in [0.29, 0.717) is 5.82 Å². The number of phenols is 1. The first-order valence-corrected chi connectivity index (χ1v) is 6.27. The standard InChI is InChI=1S/C15H19N3O/c1-15(2,3)12-9-13(16-4)18-14(17-12)10-5-7-11(19)8-6-10/h5-9,19H,1-4H3,(H,16,17,18). The van der Waals surface area contributed by atoms with Crippen LogP contribution in [0.25, 0.3) is 11.4 Å². The van der Waals surface area contributed by atoms with Gasteiger partial charge in [0.2, 0.25) is 0 Å². The predicted octanol–water partition coefficient (Wildman–Crippen LogP) is 3.19. The smallest absolute Gasteiger partial charge is 0.161 e. The average Bonchev–Trinajstić information content (AvgIpc) is 2.38. The van der Waals surface area contributed by atoms with Gasteiger partial charge in [0, 0.05) is 24.1 Å². The van der Waals surface area contributed by atoms with Gasteiger partial charge in [-0.15, -0.1) is 0 Å². The molecule has 0 aliphatic heterocycles. The van der Waals surface area contributed by atoms with Crippen molar-refractivity contribution in [2.45, 2.75) is 26.2 Å². The molecule has 2 aromatic rings. The second-order valence-corrected chi connectivity index (χ2v) is 5.51. The Morgan fingerprint density at radius 2 is 1.68 bits per heavy atom. The van der Waals surface area contributed by atoms with E-state index in [1.807, 2.05) is 25.2 Å². The molecule has 0 saturated heterocycles. The monoisotopic (exact) mass is 257 g/mol. The second-order valence-electron chi connectivity index (χ2n) is 5.51. The highest BCUT2D eigenvalue weighted by molar-refractivity contribution is 5.58. The fourth-order valence-corrected chi connectivity index (χ4v) is 1.70. The Morgan fingerprint density at radius 3 is 2.21 bits per heavy atom. The van der Waals surface area contributed by atoms with E-state index in [1.54, 1.807) is 12.1 Å². The summed E-state index contributed by atoms with van der Waals surface area (Å²) in [6.45, 7) is 6.36. The molecule has 0 bridgehead atoms. The number of nitrogens with zero attached hydrogens (tertiary/aromatic N) is 2. The van der Waals surface area contributed by atoms with E-state index in [0.717, 1.165) is 17.1 Å². The molecule has 1 aromatic carbocycles. The van der Waals surface area contributed by atoms with Crippen molar-refractivity contribution >= 4 is 5.82 Å². The number of aromatic hydroxyl groups is 1. The zero-order chi connectivity index (χ0) is 14.0. The molecule has 0 spiro atoms. The summed E-state index contributed by atoms with van der Waals surface area (Å²) in [6.07, 6.45) is 0. The van der Waals surface area contributed by atoms with Gasteiger partial charge in [-0.25, -0.2) is 9.97 Å². The molecule has 4 nitrogen and oxygen atoms in total. The summed E-state index contributed by atoms with van der Waals surface area (Å²) < 4.78 is 0. The van der Waals surface area contributed by atoms with Crippen LogP contribution < -0.4 is 5.32 Å². The van der Waals surface area contributed by atoms with Crippen molar-refractivity contribution in [1.29, 1.82) is 0 Å². The predicted molar refractivity (Wildman–Crippen MR) is 77.4 cm³/mol. The fraction of sp³-hybridized carbons (Fsp3) is 0.333. The van der Waals surface area contributed by atoms with E-state index in [9.17, 15) is 5.11 Å². The highest BCUT2D eigenvalue weighted by Gasteiger charge is 2.18. The molecule has 2 rings (SSSR count). The molecule has 19 heavy (non-hydrogen) atoms. The lowest BCUT2D eigenvalue weighted by atomic mass is 9.92. The van der Waals surface area contributed by atoms with Crippen LogP contribution in [0.3, 0.4) is 0 Å². The summed E-state index contributed by atoms with van der Waals surface area (Å²) >= 11 is 0. The molecule has 1 aromatic heterocycles. The van der Waals surface area contributed by atoms with Crippen molar-refractivity contribution in [1.82, 2.24) is 9.97 Å². The number of hydrogen-bond donors (Lipinski definition) is 2. The molecule has 0 fully saturated rings. The van der Waals surface area contributed by atoms with Crippen molar-refractivity contribution < 1.29 is 5.11 Å². The van der Waals surface area contributed by atoms with Gasteiger partial charge >= 0.3 is 0 Å². The van der Waals surface area contributed by atoms with E-state index in [1.165, 1.54) is 0 Å². The Balaban J connectivity index is 2.54. The Kier molecular flexibility index (Phi) is 3.42. The minimum atomic E-state index is -0.0415. The zero-order valence-electron chi connectivity index (χ0n) is 11.7. The maximum absolute atomic E-state index is 9.34. The molecule has 0 saturated carbocycles. The van der Waals surface area contributed by atoms with Crippen LogP contribution in [-0.4, -0.2) is 22.1 Å².